The fraction of sp³-hybridized carbons (Fsp3) is 0.556. The Hall–Kier alpha value is -2.20. The molecule has 6 nitrogen and oxygen atoms in total. The van der Waals surface area contributed by atoms with Gasteiger partial charge in [0, 0.05) is 4.88 Å². The Bertz CT molecular complexity index is 837. The van der Waals surface area contributed by atoms with Gasteiger partial charge in [0.1, 0.15) is 29.8 Å². The quantitative estimate of drug-likeness (QED) is 0.913. The third kappa shape index (κ3) is 3.74. The Morgan fingerprint density at radius 1 is 1.52 bits per heavy atom. The molecule has 0 aromatic carbocycles. The normalized spacial score (nSPS) is 17.0. The first-order chi connectivity index (χ1) is 11.8. The molecule has 0 aliphatic heterocycles. The lowest BCUT2D eigenvalue weighted by molar-refractivity contribution is -0.116. The zero-order chi connectivity index (χ0) is 18.2. The number of rotatable bonds is 3. The molecule has 0 saturated heterocycles. The average molecular weight is 357 g/mol. The highest BCUT2D eigenvalue weighted by atomic mass is 32.1. The summed E-state index contributed by atoms with van der Waals surface area (Å²) in [6.07, 6.45) is 4.52. The van der Waals surface area contributed by atoms with E-state index in [-0.39, 0.29) is 17.9 Å². The number of nitriles is 1. The van der Waals surface area contributed by atoms with E-state index in [0.717, 1.165) is 24.8 Å². The molecule has 1 atom stereocenters. The van der Waals surface area contributed by atoms with Gasteiger partial charge in [-0.05, 0) is 43.1 Å². The lowest BCUT2D eigenvalue weighted by Crippen LogP contribution is -2.26. The number of carbonyl (C=O) groups is 1. The van der Waals surface area contributed by atoms with Gasteiger partial charge in [-0.3, -0.25) is 4.79 Å². The molecule has 25 heavy (non-hydrogen) atoms. The number of hydrogen-bond donors (Lipinski definition) is 1. The maximum absolute atomic E-state index is 12.3. The number of amides is 1. The fourth-order valence-electron chi connectivity index (χ4n) is 3.31. The number of aryl methyl sites for hydroxylation is 1. The highest BCUT2D eigenvalue weighted by Crippen LogP contribution is 2.43. The minimum atomic E-state index is -0.188. The standard InChI is InChI=1S/C18H23N5OS/c1-11-20-10-23(22-11)9-16(24)21-17-14(8-19)13-6-5-12(18(2,3)4)7-15(13)25-17/h10,12H,5-7,9H2,1-4H3,(H,21,24). The summed E-state index contributed by atoms with van der Waals surface area (Å²) in [5, 5.41) is 17.3. The van der Waals surface area contributed by atoms with Crippen molar-refractivity contribution in [2.75, 3.05) is 5.32 Å². The Labute approximate surface area is 151 Å². The van der Waals surface area contributed by atoms with E-state index in [9.17, 15) is 10.1 Å². The van der Waals surface area contributed by atoms with Crippen LogP contribution in [0.5, 0.6) is 0 Å². The topological polar surface area (TPSA) is 83.6 Å². The Morgan fingerprint density at radius 2 is 2.28 bits per heavy atom. The minimum Gasteiger partial charge on any atom is -0.315 e. The summed E-state index contributed by atoms with van der Waals surface area (Å²) >= 11 is 1.55. The molecule has 1 amide bonds. The Kier molecular flexibility index (Phi) is 4.65. The molecule has 2 heterocycles. The van der Waals surface area contributed by atoms with E-state index in [0.29, 0.717) is 22.3 Å². The lowest BCUT2D eigenvalue weighted by atomic mass is 9.72. The largest absolute Gasteiger partial charge is 0.315 e. The van der Waals surface area contributed by atoms with E-state index in [1.54, 1.807) is 18.3 Å². The van der Waals surface area contributed by atoms with E-state index in [1.807, 2.05) is 0 Å². The second-order valence-corrected chi connectivity index (χ2v) is 8.77. The molecule has 0 bridgehead atoms. The first kappa shape index (κ1) is 17.6. The van der Waals surface area contributed by atoms with Gasteiger partial charge in [-0.25, -0.2) is 9.67 Å². The highest BCUT2D eigenvalue weighted by Gasteiger charge is 2.32. The molecule has 0 radical (unpaired) electrons. The second-order valence-electron chi connectivity index (χ2n) is 7.66. The molecule has 1 unspecified atom stereocenters. The summed E-state index contributed by atoms with van der Waals surface area (Å²) < 4.78 is 1.50. The van der Waals surface area contributed by atoms with Gasteiger partial charge in [0.15, 0.2) is 0 Å². The molecule has 1 aliphatic carbocycles. The summed E-state index contributed by atoms with van der Waals surface area (Å²) in [5.74, 6) is 1.05. The molecule has 7 heteroatoms. The van der Waals surface area contributed by atoms with Crippen LogP contribution in [-0.4, -0.2) is 20.7 Å². The number of carbonyl (C=O) groups excluding carboxylic acids is 1. The number of thiophene rings is 1. The van der Waals surface area contributed by atoms with Crippen molar-refractivity contribution in [2.45, 2.75) is 53.5 Å². The number of fused-ring (bicyclic) bond motifs is 1. The van der Waals surface area contributed by atoms with Crippen LogP contribution in [0, 0.1) is 29.6 Å². The third-order valence-electron chi connectivity index (χ3n) is 4.81. The van der Waals surface area contributed by atoms with Gasteiger partial charge in [-0.1, -0.05) is 20.8 Å². The van der Waals surface area contributed by atoms with Crippen LogP contribution in [0.25, 0.3) is 0 Å². The lowest BCUT2D eigenvalue weighted by Gasteiger charge is -2.33. The van der Waals surface area contributed by atoms with Crippen molar-refractivity contribution in [3.05, 3.63) is 28.2 Å². The van der Waals surface area contributed by atoms with Gasteiger partial charge in [-0.2, -0.15) is 10.4 Å². The third-order valence-corrected chi connectivity index (χ3v) is 5.98. The SMILES string of the molecule is Cc1ncn(CC(=O)Nc2sc3c(c2C#N)CCC(C(C)(C)C)C3)n1. The average Bonchev–Trinajstić information content (AvgIpc) is 3.08. The van der Waals surface area contributed by atoms with E-state index >= 15 is 0 Å². The maximum Gasteiger partial charge on any atom is 0.246 e. The molecule has 0 spiro atoms. The van der Waals surface area contributed by atoms with Crippen LogP contribution in [0.2, 0.25) is 0 Å². The molecule has 1 N–H and O–H groups in total. The molecular weight excluding hydrogens is 334 g/mol. The van der Waals surface area contributed by atoms with Crippen LogP contribution >= 0.6 is 11.3 Å². The molecule has 0 saturated carbocycles. The van der Waals surface area contributed by atoms with Crippen molar-refractivity contribution < 1.29 is 4.79 Å². The number of anilines is 1. The van der Waals surface area contributed by atoms with Gasteiger partial charge in [0.2, 0.25) is 5.91 Å². The zero-order valence-electron chi connectivity index (χ0n) is 15.1. The highest BCUT2D eigenvalue weighted by molar-refractivity contribution is 7.16. The van der Waals surface area contributed by atoms with E-state index in [2.05, 4.69) is 42.2 Å². The van der Waals surface area contributed by atoms with Gasteiger partial charge < -0.3 is 5.32 Å². The number of nitrogens with one attached hydrogen (secondary N) is 1. The number of hydrogen-bond acceptors (Lipinski definition) is 5. The van der Waals surface area contributed by atoms with Crippen LogP contribution in [-0.2, 0) is 24.2 Å². The summed E-state index contributed by atoms with van der Waals surface area (Å²) in [6, 6.07) is 2.29. The predicted octanol–water partition coefficient (Wildman–Crippen LogP) is 3.31. The van der Waals surface area contributed by atoms with E-state index < -0.39 is 0 Å². The molecule has 3 rings (SSSR count). The van der Waals surface area contributed by atoms with Crippen molar-refractivity contribution in [2.24, 2.45) is 11.3 Å². The summed E-state index contributed by atoms with van der Waals surface area (Å²) in [6.45, 7) is 8.68. The van der Waals surface area contributed by atoms with Gasteiger partial charge in [0.05, 0.1) is 5.56 Å². The zero-order valence-corrected chi connectivity index (χ0v) is 15.9. The predicted molar refractivity (Wildman–Crippen MR) is 97.4 cm³/mol. The molecule has 2 aromatic heterocycles. The first-order valence-electron chi connectivity index (χ1n) is 8.48. The Morgan fingerprint density at radius 3 is 2.88 bits per heavy atom. The van der Waals surface area contributed by atoms with E-state index in [4.69, 9.17) is 0 Å². The van der Waals surface area contributed by atoms with Crippen LogP contribution in [0.4, 0.5) is 5.00 Å². The fourth-order valence-corrected chi connectivity index (χ4v) is 4.60. The number of aromatic nitrogens is 3. The second kappa shape index (κ2) is 6.60. The van der Waals surface area contributed by atoms with Crippen molar-refractivity contribution in [3.8, 4) is 6.07 Å². The van der Waals surface area contributed by atoms with Crippen molar-refractivity contribution in [1.82, 2.24) is 14.8 Å². The van der Waals surface area contributed by atoms with Gasteiger partial charge in [-0.15, -0.1) is 11.3 Å². The molecular formula is C18H23N5OS. The number of nitrogens with zero attached hydrogens (tertiary/aromatic N) is 4. The van der Waals surface area contributed by atoms with Crippen LogP contribution in [0.1, 0.15) is 49.0 Å². The molecule has 1 aliphatic rings. The molecule has 0 fully saturated rings. The smallest absolute Gasteiger partial charge is 0.246 e. The summed E-state index contributed by atoms with van der Waals surface area (Å²) in [5.41, 5.74) is 2.01. The summed E-state index contributed by atoms with van der Waals surface area (Å²) in [4.78, 5) is 17.6. The van der Waals surface area contributed by atoms with Crippen LogP contribution in [0.15, 0.2) is 6.33 Å². The van der Waals surface area contributed by atoms with Gasteiger partial charge >= 0.3 is 0 Å². The minimum absolute atomic E-state index is 0.0961. The van der Waals surface area contributed by atoms with Crippen molar-refractivity contribution in [3.63, 3.8) is 0 Å². The van der Waals surface area contributed by atoms with Crippen molar-refractivity contribution >= 4 is 22.2 Å². The van der Waals surface area contributed by atoms with Crippen LogP contribution < -0.4 is 5.32 Å². The maximum atomic E-state index is 12.3. The monoisotopic (exact) mass is 357 g/mol. The Balaban J connectivity index is 1.78. The molecule has 2 aromatic rings. The first-order valence-corrected chi connectivity index (χ1v) is 9.30. The molecule has 132 valence electrons. The van der Waals surface area contributed by atoms with E-state index in [1.165, 1.54) is 15.9 Å². The van der Waals surface area contributed by atoms with Gasteiger partial charge in [0.25, 0.3) is 0 Å². The van der Waals surface area contributed by atoms with Crippen molar-refractivity contribution in [1.29, 1.82) is 5.26 Å². The summed E-state index contributed by atoms with van der Waals surface area (Å²) in [7, 11) is 0. The van der Waals surface area contributed by atoms with Crippen LogP contribution in [0.3, 0.4) is 0 Å².